The Kier molecular flexibility index (Phi) is 8.59. The molecule has 0 aromatic heterocycles. The van der Waals surface area contributed by atoms with Crippen LogP contribution in [-0.4, -0.2) is 48.1 Å². The molecule has 0 radical (unpaired) electrons. The zero-order valence-electron chi connectivity index (χ0n) is 14.0. The third kappa shape index (κ3) is 6.50. The van der Waals surface area contributed by atoms with Gasteiger partial charge in [-0.25, -0.2) is 0 Å². The smallest absolute Gasteiger partial charge is 0.159 e. The number of halogens is 1. The quantitative estimate of drug-likeness (QED) is 0.773. The fraction of sp³-hybridized carbons (Fsp3) is 0.611. The standard InChI is InChI=1S/C18H27NO3.ClH/c1-14(20)15-8-10-18(11-9-15)22-13-17(21)12-19(2)16-6-4-3-5-7-16;/h8-11,16-17,21H,3-7,12-13H2,1-2H3;1H. The average molecular weight is 342 g/mol. The molecule has 4 nitrogen and oxygen atoms in total. The first kappa shape index (κ1) is 19.9. The Morgan fingerprint density at radius 1 is 1.26 bits per heavy atom. The van der Waals surface area contributed by atoms with Crippen LogP contribution in [0.3, 0.4) is 0 Å². The van der Waals surface area contributed by atoms with E-state index in [0.29, 0.717) is 23.9 Å². The largest absolute Gasteiger partial charge is 0.491 e. The Labute approximate surface area is 145 Å². The fourth-order valence-electron chi connectivity index (χ4n) is 3.03. The van der Waals surface area contributed by atoms with E-state index in [2.05, 4.69) is 11.9 Å². The van der Waals surface area contributed by atoms with Crippen LogP contribution in [0.15, 0.2) is 24.3 Å². The minimum atomic E-state index is -0.501. The molecular weight excluding hydrogens is 314 g/mol. The molecule has 23 heavy (non-hydrogen) atoms. The number of ether oxygens (including phenoxy) is 1. The lowest BCUT2D eigenvalue weighted by molar-refractivity contribution is 0.0561. The van der Waals surface area contributed by atoms with Gasteiger partial charge in [-0.2, -0.15) is 0 Å². The van der Waals surface area contributed by atoms with Crippen LogP contribution < -0.4 is 4.74 Å². The van der Waals surface area contributed by atoms with Crippen LogP contribution in [0.25, 0.3) is 0 Å². The minimum Gasteiger partial charge on any atom is -0.491 e. The van der Waals surface area contributed by atoms with Crippen molar-refractivity contribution >= 4 is 18.2 Å². The second-order valence-electron chi connectivity index (χ2n) is 6.28. The predicted octanol–water partition coefficient (Wildman–Crippen LogP) is 3.32. The van der Waals surface area contributed by atoms with E-state index in [4.69, 9.17) is 4.74 Å². The van der Waals surface area contributed by atoms with E-state index in [1.807, 2.05) is 0 Å². The zero-order chi connectivity index (χ0) is 15.9. The van der Waals surface area contributed by atoms with E-state index < -0.39 is 6.10 Å². The lowest BCUT2D eigenvalue weighted by Gasteiger charge is -2.32. The second kappa shape index (κ2) is 9.91. The van der Waals surface area contributed by atoms with Crippen LogP contribution in [-0.2, 0) is 0 Å². The summed E-state index contributed by atoms with van der Waals surface area (Å²) in [7, 11) is 2.08. The molecule has 1 atom stereocenters. The van der Waals surface area contributed by atoms with E-state index in [-0.39, 0.29) is 24.8 Å². The summed E-state index contributed by atoms with van der Waals surface area (Å²) >= 11 is 0. The fourth-order valence-corrected chi connectivity index (χ4v) is 3.03. The van der Waals surface area contributed by atoms with Crippen molar-refractivity contribution in [2.45, 2.75) is 51.2 Å². The summed E-state index contributed by atoms with van der Waals surface area (Å²) in [6, 6.07) is 7.64. The number of nitrogens with zero attached hydrogens (tertiary/aromatic N) is 1. The number of aliphatic hydroxyl groups is 1. The van der Waals surface area contributed by atoms with Gasteiger partial charge in [-0.15, -0.1) is 12.4 Å². The monoisotopic (exact) mass is 341 g/mol. The molecule has 130 valence electrons. The average Bonchev–Trinajstić information content (AvgIpc) is 2.54. The van der Waals surface area contributed by atoms with E-state index in [1.165, 1.54) is 32.1 Å². The van der Waals surface area contributed by atoms with Crippen LogP contribution >= 0.6 is 12.4 Å². The number of hydrogen-bond donors (Lipinski definition) is 1. The highest BCUT2D eigenvalue weighted by atomic mass is 35.5. The summed E-state index contributed by atoms with van der Waals surface area (Å²) in [5, 5.41) is 10.1. The summed E-state index contributed by atoms with van der Waals surface area (Å²) < 4.78 is 5.60. The van der Waals surface area contributed by atoms with Crippen LogP contribution in [0.2, 0.25) is 0 Å². The van der Waals surface area contributed by atoms with Crippen molar-refractivity contribution < 1.29 is 14.6 Å². The molecule has 1 N–H and O–H groups in total. The molecule has 2 rings (SSSR count). The number of Topliss-reactive ketones (excluding diaryl/α,β-unsaturated/α-hetero) is 1. The van der Waals surface area contributed by atoms with Crippen molar-refractivity contribution in [1.29, 1.82) is 0 Å². The first-order chi connectivity index (χ1) is 10.6. The maximum absolute atomic E-state index is 11.2. The highest BCUT2D eigenvalue weighted by molar-refractivity contribution is 5.94. The Hall–Kier alpha value is -1.10. The molecular formula is C18H28ClNO3. The van der Waals surface area contributed by atoms with Gasteiger partial charge in [0.15, 0.2) is 5.78 Å². The molecule has 1 aliphatic carbocycles. The predicted molar refractivity (Wildman–Crippen MR) is 94.7 cm³/mol. The zero-order valence-corrected chi connectivity index (χ0v) is 14.8. The van der Waals surface area contributed by atoms with Crippen LogP contribution in [0.1, 0.15) is 49.4 Å². The molecule has 1 aromatic rings. The molecule has 1 fully saturated rings. The SMILES string of the molecule is CC(=O)c1ccc(OCC(O)CN(C)C2CCCCC2)cc1.Cl. The molecule has 0 bridgehead atoms. The Morgan fingerprint density at radius 2 is 1.87 bits per heavy atom. The van der Waals surface area contributed by atoms with Crippen molar-refractivity contribution in [2.24, 2.45) is 0 Å². The summed E-state index contributed by atoms with van der Waals surface area (Å²) in [4.78, 5) is 13.5. The van der Waals surface area contributed by atoms with Gasteiger partial charge in [-0.3, -0.25) is 4.79 Å². The number of aliphatic hydroxyl groups excluding tert-OH is 1. The highest BCUT2D eigenvalue weighted by Crippen LogP contribution is 2.21. The van der Waals surface area contributed by atoms with Crippen molar-refractivity contribution in [2.75, 3.05) is 20.2 Å². The van der Waals surface area contributed by atoms with Gasteiger partial charge in [0.1, 0.15) is 18.5 Å². The molecule has 1 saturated carbocycles. The molecule has 1 aromatic carbocycles. The van der Waals surface area contributed by atoms with Crippen molar-refractivity contribution in [3.63, 3.8) is 0 Å². The molecule has 1 unspecified atom stereocenters. The van der Waals surface area contributed by atoms with E-state index in [0.717, 1.165) is 0 Å². The number of hydrogen-bond acceptors (Lipinski definition) is 4. The number of carbonyl (C=O) groups is 1. The van der Waals surface area contributed by atoms with Gasteiger partial charge < -0.3 is 14.7 Å². The molecule has 0 aliphatic heterocycles. The van der Waals surface area contributed by atoms with Gasteiger partial charge in [0, 0.05) is 18.2 Å². The first-order valence-electron chi connectivity index (χ1n) is 8.18. The van der Waals surface area contributed by atoms with Crippen LogP contribution in [0.4, 0.5) is 0 Å². The van der Waals surface area contributed by atoms with Gasteiger partial charge in [-0.05, 0) is 51.1 Å². The van der Waals surface area contributed by atoms with Crippen LogP contribution in [0, 0.1) is 0 Å². The molecule has 0 heterocycles. The summed E-state index contributed by atoms with van der Waals surface area (Å²) in [6.07, 6.45) is 5.90. The lowest BCUT2D eigenvalue weighted by atomic mass is 9.94. The first-order valence-corrected chi connectivity index (χ1v) is 8.18. The number of carbonyl (C=O) groups excluding carboxylic acids is 1. The van der Waals surface area contributed by atoms with Crippen molar-refractivity contribution in [3.05, 3.63) is 29.8 Å². The highest BCUT2D eigenvalue weighted by Gasteiger charge is 2.20. The third-order valence-electron chi connectivity index (χ3n) is 4.40. The summed E-state index contributed by atoms with van der Waals surface area (Å²) in [5.74, 6) is 0.727. The minimum absolute atomic E-state index is 0. The van der Waals surface area contributed by atoms with E-state index in [1.54, 1.807) is 31.2 Å². The van der Waals surface area contributed by atoms with Crippen molar-refractivity contribution in [1.82, 2.24) is 4.90 Å². The third-order valence-corrected chi connectivity index (χ3v) is 4.40. The second-order valence-corrected chi connectivity index (χ2v) is 6.28. The van der Waals surface area contributed by atoms with Gasteiger partial charge >= 0.3 is 0 Å². The van der Waals surface area contributed by atoms with Gasteiger partial charge in [0.25, 0.3) is 0 Å². The van der Waals surface area contributed by atoms with Gasteiger partial charge in [0.05, 0.1) is 0 Å². The van der Waals surface area contributed by atoms with E-state index in [9.17, 15) is 9.90 Å². The normalized spacial score (nSPS) is 16.7. The van der Waals surface area contributed by atoms with Gasteiger partial charge in [-0.1, -0.05) is 19.3 Å². The molecule has 1 aliphatic rings. The van der Waals surface area contributed by atoms with Crippen molar-refractivity contribution in [3.8, 4) is 5.75 Å². The topological polar surface area (TPSA) is 49.8 Å². The summed E-state index contributed by atoms with van der Waals surface area (Å²) in [6.45, 7) is 2.45. The summed E-state index contributed by atoms with van der Waals surface area (Å²) in [5.41, 5.74) is 0.671. The van der Waals surface area contributed by atoms with Gasteiger partial charge in [0.2, 0.25) is 0 Å². The Bertz CT molecular complexity index is 472. The number of rotatable bonds is 7. The molecule has 0 saturated heterocycles. The van der Waals surface area contributed by atoms with Crippen LogP contribution in [0.5, 0.6) is 5.75 Å². The Balaban J connectivity index is 0.00000264. The maximum Gasteiger partial charge on any atom is 0.159 e. The maximum atomic E-state index is 11.2. The molecule has 0 amide bonds. The molecule has 5 heteroatoms. The molecule has 0 spiro atoms. The number of benzene rings is 1. The van der Waals surface area contributed by atoms with E-state index >= 15 is 0 Å². The number of ketones is 1. The Morgan fingerprint density at radius 3 is 2.43 bits per heavy atom. The lowest BCUT2D eigenvalue weighted by Crippen LogP contribution is -2.40. The number of likely N-dealkylation sites (N-methyl/N-ethyl adjacent to an activating group) is 1.